The molecule has 0 aliphatic heterocycles. The fraction of sp³-hybridized carbons (Fsp3) is 0.333. The van der Waals surface area contributed by atoms with Crippen molar-refractivity contribution in [2.24, 2.45) is 5.73 Å². The second kappa shape index (κ2) is 4.95. The SMILES string of the molecule is CC(C)(CC(N)=O)Nc1cc(N)ccc1C(=O)O. The zero-order valence-corrected chi connectivity index (χ0v) is 10.4. The number of carboxylic acid groups (broad SMARTS) is 1. The summed E-state index contributed by atoms with van der Waals surface area (Å²) >= 11 is 0. The van der Waals surface area contributed by atoms with E-state index < -0.39 is 17.4 Å². The number of nitrogens with one attached hydrogen (secondary N) is 1. The first-order chi connectivity index (χ1) is 8.21. The van der Waals surface area contributed by atoms with E-state index in [4.69, 9.17) is 16.6 Å². The second-order valence-corrected chi connectivity index (χ2v) is 4.76. The molecule has 6 heteroatoms. The van der Waals surface area contributed by atoms with E-state index >= 15 is 0 Å². The van der Waals surface area contributed by atoms with E-state index in [-0.39, 0.29) is 12.0 Å². The monoisotopic (exact) mass is 251 g/mol. The number of primary amides is 1. The number of anilines is 2. The molecule has 98 valence electrons. The zero-order valence-electron chi connectivity index (χ0n) is 10.4. The molecule has 0 fully saturated rings. The molecule has 0 radical (unpaired) electrons. The van der Waals surface area contributed by atoms with Gasteiger partial charge in [-0.1, -0.05) is 0 Å². The summed E-state index contributed by atoms with van der Waals surface area (Å²) in [6, 6.07) is 4.45. The van der Waals surface area contributed by atoms with Crippen LogP contribution in [-0.4, -0.2) is 22.5 Å². The van der Waals surface area contributed by atoms with Crippen LogP contribution in [0.3, 0.4) is 0 Å². The van der Waals surface area contributed by atoms with Crippen molar-refractivity contribution in [3.05, 3.63) is 23.8 Å². The van der Waals surface area contributed by atoms with Crippen LogP contribution in [0, 0.1) is 0 Å². The van der Waals surface area contributed by atoms with Crippen LogP contribution in [0.15, 0.2) is 18.2 Å². The predicted molar refractivity (Wildman–Crippen MR) is 69.3 cm³/mol. The fourth-order valence-corrected chi connectivity index (χ4v) is 1.70. The lowest BCUT2D eigenvalue weighted by atomic mass is 9.98. The number of carbonyl (C=O) groups excluding carboxylic acids is 1. The van der Waals surface area contributed by atoms with Gasteiger partial charge in [0.25, 0.3) is 0 Å². The van der Waals surface area contributed by atoms with Crippen molar-refractivity contribution >= 4 is 23.3 Å². The van der Waals surface area contributed by atoms with Gasteiger partial charge in [-0.2, -0.15) is 0 Å². The minimum absolute atomic E-state index is 0.0842. The third-order valence-corrected chi connectivity index (χ3v) is 2.36. The molecule has 1 aromatic rings. The molecule has 0 bridgehead atoms. The van der Waals surface area contributed by atoms with Gasteiger partial charge in [0.05, 0.1) is 11.3 Å². The van der Waals surface area contributed by atoms with Gasteiger partial charge in [-0.05, 0) is 32.0 Å². The summed E-state index contributed by atoms with van der Waals surface area (Å²) in [6.07, 6.45) is 0.0842. The van der Waals surface area contributed by atoms with E-state index in [0.717, 1.165) is 0 Å². The Bertz CT molecular complexity index is 483. The summed E-state index contributed by atoms with van der Waals surface area (Å²) in [7, 11) is 0. The van der Waals surface area contributed by atoms with Gasteiger partial charge in [-0.3, -0.25) is 4.79 Å². The number of hydrogen-bond acceptors (Lipinski definition) is 4. The largest absolute Gasteiger partial charge is 0.478 e. The van der Waals surface area contributed by atoms with Gasteiger partial charge in [0.2, 0.25) is 5.91 Å². The summed E-state index contributed by atoms with van der Waals surface area (Å²) in [5.74, 6) is -1.53. The average molecular weight is 251 g/mol. The van der Waals surface area contributed by atoms with Gasteiger partial charge in [0.1, 0.15) is 0 Å². The Hall–Kier alpha value is -2.24. The molecule has 6 N–H and O–H groups in total. The van der Waals surface area contributed by atoms with E-state index in [0.29, 0.717) is 11.4 Å². The molecule has 0 heterocycles. The maximum atomic E-state index is 11.1. The molecule has 0 saturated heterocycles. The quantitative estimate of drug-likeness (QED) is 0.583. The topological polar surface area (TPSA) is 118 Å². The highest BCUT2D eigenvalue weighted by Crippen LogP contribution is 2.24. The molecule has 0 spiro atoms. The van der Waals surface area contributed by atoms with Crippen molar-refractivity contribution in [2.75, 3.05) is 11.1 Å². The van der Waals surface area contributed by atoms with E-state index in [1.807, 2.05) is 0 Å². The second-order valence-electron chi connectivity index (χ2n) is 4.76. The molecular formula is C12H17N3O3. The highest BCUT2D eigenvalue weighted by Gasteiger charge is 2.22. The minimum atomic E-state index is -1.06. The number of amides is 1. The lowest BCUT2D eigenvalue weighted by Gasteiger charge is -2.27. The van der Waals surface area contributed by atoms with Crippen molar-refractivity contribution in [1.29, 1.82) is 0 Å². The summed E-state index contributed by atoms with van der Waals surface area (Å²) in [5, 5.41) is 12.0. The number of hydrogen-bond donors (Lipinski definition) is 4. The molecule has 0 aliphatic carbocycles. The van der Waals surface area contributed by atoms with Crippen LogP contribution in [0.1, 0.15) is 30.6 Å². The lowest BCUT2D eigenvalue weighted by molar-refractivity contribution is -0.118. The standard InChI is InChI=1S/C12H17N3O3/c1-12(2,6-10(14)16)15-9-5-7(13)3-4-8(9)11(17)18/h3-5,15H,6,13H2,1-2H3,(H2,14,16)(H,17,18). The van der Waals surface area contributed by atoms with Crippen LogP contribution >= 0.6 is 0 Å². The molecule has 0 saturated carbocycles. The van der Waals surface area contributed by atoms with E-state index in [2.05, 4.69) is 5.32 Å². The maximum absolute atomic E-state index is 11.1. The first-order valence-corrected chi connectivity index (χ1v) is 5.40. The van der Waals surface area contributed by atoms with E-state index in [9.17, 15) is 9.59 Å². The first-order valence-electron chi connectivity index (χ1n) is 5.40. The number of aromatic carboxylic acids is 1. The van der Waals surface area contributed by atoms with Gasteiger partial charge in [-0.15, -0.1) is 0 Å². The third kappa shape index (κ3) is 3.65. The number of rotatable bonds is 5. The Morgan fingerprint density at radius 1 is 1.39 bits per heavy atom. The van der Waals surface area contributed by atoms with Gasteiger partial charge in [0.15, 0.2) is 0 Å². The number of benzene rings is 1. The van der Waals surface area contributed by atoms with Crippen LogP contribution in [-0.2, 0) is 4.79 Å². The van der Waals surface area contributed by atoms with Gasteiger partial charge < -0.3 is 21.9 Å². The minimum Gasteiger partial charge on any atom is -0.478 e. The molecular weight excluding hydrogens is 234 g/mol. The van der Waals surface area contributed by atoms with Crippen LogP contribution < -0.4 is 16.8 Å². The summed E-state index contributed by atoms with van der Waals surface area (Å²) < 4.78 is 0. The van der Waals surface area contributed by atoms with Crippen molar-refractivity contribution in [3.8, 4) is 0 Å². The molecule has 0 unspecified atom stereocenters. The molecule has 1 aromatic carbocycles. The Balaban J connectivity index is 3.05. The zero-order chi connectivity index (χ0) is 13.9. The smallest absolute Gasteiger partial charge is 0.337 e. The number of nitrogen functional groups attached to an aromatic ring is 1. The molecule has 0 atom stereocenters. The Kier molecular flexibility index (Phi) is 3.80. The summed E-state index contributed by atoms with van der Waals surface area (Å²) in [4.78, 5) is 22.0. The number of nitrogens with two attached hydrogens (primary N) is 2. The van der Waals surface area contributed by atoms with E-state index in [1.54, 1.807) is 13.8 Å². The highest BCUT2D eigenvalue weighted by atomic mass is 16.4. The molecule has 1 amide bonds. The third-order valence-electron chi connectivity index (χ3n) is 2.36. The van der Waals surface area contributed by atoms with Crippen LogP contribution in [0.25, 0.3) is 0 Å². The van der Waals surface area contributed by atoms with Crippen molar-refractivity contribution in [1.82, 2.24) is 0 Å². The Morgan fingerprint density at radius 3 is 2.50 bits per heavy atom. The molecule has 1 rings (SSSR count). The highest BCUT2D eigenvalue weighted by molar-refractivity contribution is 5.95. The Labute approximate surface area is 105 Å². The maximum Gasteiger partial charge on any atom is 0.337 e. The van der Waals surface area contributed by atoms with Gasteiger partial charge >= 0.3 is 5.97 Å². The van der Waals surface area contributed by atoms with Crippen molar-refractivity contribution in [2.45, 2.75) is 25.8 Å². The number of carboxylic acids is 1. The van der Waals surface area contributed by atoms with E-state index in [1.165, 1.54) is 18.2 Å². The normalized spacial score (nSPS) is 11.0. The number of carbonyl (C=O) groups is 2. The molecule has 6 nitrogen and oxygen atoms in total. The lowest BCUT2D eigenvalue weighted by Crippen LogP contribution is -2.36. The molecule has 0 aliphatic rings. The summed E-state index contributed by atoms with van der Waals surface area (Å²) in [5.41, 5.74) is 11.0. The van der Waals surface area contributed by atoms with Crippen LogP contribution in [0.2, 0.25) is 0 Å². The van der Waals surface area contributed by atoms with Gasteiger partial charge in [0, 0.05) is 17.6 Å². The molecule has 0 aromatic heterocycles. The van der Waals surface area contributed by atoms with Crippen molar-refractivity contribution < 1.29 is 14.7 Å². The average Bonchev–Trinajstić information content (AvgIpc) is 2.13. The van der Waals surface area contributed by atoms with Crippen LogP contribution in [0.5, 0.6) is 0 Å². The van der Waals surface area contributed by atoms with Gasteiger partial charge in [-0.25, -0.2) is 4.79 Å². The Morgan fingerprint density at radius 2 is 2.00 bits per heavy atom. The molecule has 18 heavy (non-hydrogen) atoms. The van der Waals surface area contributed by atoms with Crippen LogP contribution in [0.4, 0.5) is 11.4 Å². The fourth-order valence-electron chi connectivity index (χ4n) is 1.70. The van der Waals surface area contributed by atoms with Crippen molar-refractivity contribution in [3.63, 3.8) is 0 Å². The predicted octanol–water partition coefficient (Wildman–Crippen LogP) is 1.03. The summed E-state index contributed by atoms with van der Waals surface area (Å²) in [6.45, 7) is 3.51. The first kappa shape index (κ1) is 13.8.